The van der Waals surface area contributed by atoms with Crippen molar-refractivity contribution in [1.82, 2.24) is 35.9 Å². The van der Waals surface area contributed by atoms with Gasteiger partial charge < -0.3 is 30.3 Å². The third-order valence-electron chi connectivity index (χ3n) is 10.5. The smallest absolute Gasteiger partial charge is 0.407 e. The maximum Gasteiger partial charge on any atom is 0.407 e. The summed E-state index contributed by atoms with van der Waals surface area (Å²) in [6, 6.07) is 16.7. The van der Waals surface area contributed by atoms with Gasteiger partial charge in [-0.25, -0.2) is 14.6 Å². The second kappa shape index (κ2) is 19.4. The minimum Gasteiger partial charge on any atom is -0.453 e. The molecule has 5 amide bonds. The number of nitrogens with one attached hydrogen (secondary N) is 3. The number of methoxy groups -OCH3 is 1. The molecule has 4 rings (SSSR count). The van der Waals surface area contributed by atoms with Crippen molar-refractivity contribution in [2.75, 3.05) is 33.3 Å². The first-order chi connectivity index (χ1) is 26.4. The number of ether oxygens (including phenoxy) is 1. The molecule has 5 atom stereocenters. The molecule has 1 aromatic heterocycles. The zero-order valence-electron chi connectivity index (χ0n) is 34.7. The van der Waals surface area contributed by atoms with E-state index in [0.29, 0.717) is 45.4 Å². The van der Waals surface area contributed by atoms with E-state index >= 15 is 0 Å². The Morgan fingerprint density at radius 2 is 1.62 bits per heavy atom. The summed E-state index contributed by atoms with van der Waals surface area (Å²) in [6.07, 6.45) is 1.54. The molecule has 0 radical (unpaired) electrons. The van der Waals surface area contributed by atoms with Crippen molar-refractivity contribution in [3.63, 3.8) is 0 Å². The van der Waals surface area contributed by atoms with Gasteiger partial charge in [0, 0.05) is 44.3 Å². The number of aliphatic hydroxyl groups is 1. The lowest BCUT2D eigenvalue weighted by atomic mass is 9.86. The highest BCUT2D eigenvalue weighted by atomic mass is 16.5. The molecule has 1 saturated heterocycles. The molecule has 1 fully saturated rings. The molecule has 0 saturated carbocycles. The normalized spacial score (nSPS) is 16.3. The van der Waals surface area contributed by atoms with Crippen LogP contribution in [0.5, 0.6) is 0 Å². The number of carbonyl (C=O) groups is 4. The largest absolute Gasteiger partial charge is 0.453 e. The summed E-state index contributed by atoms with van der Waals surface area (Å²) in [6.45, 7) is 17.4. The van der Waals surface area contributed by atoms with Gasteiger partial charge in [0.25, 0.3) is 5.91 Å². The third kappa shape index (κ3) is 12.1. The van der Waals surface area contributed by atoms with Gasteiger partial charge in [-0.05, 0) is 52.8 Å². The number of aliphatic hydroxyl groups excluding tert-OH is 1. The molecule has 13 nitrogen and oxygen atoms in total. The van der Waals surface area contributed by atoms with Crippen molar-refractivity contribution >= 4 is 34.8 Å². The van der Waals surface area contributed by atoms with E-state index in [1.54, 1.807) is 21.0 Å². The fraction of sp³-hybridized carbons (Fsp3) is 0.558. The van der Waals surface area contributed by atoms with Gasteiger partial charge in [-0.2, -0.15) is 0 Å². The zero-order chi connectivity index (χ0) is 41.2. The van der Waals surface area contributed by atoms with E-state index in [-0.39, 0.29) is 29.8 Å². The second-order valence-electron chi connectivity index (χ2n) is 17.3. The SMILES string of the molecule is CC[C@H](C)[C@@H](C(=O)N[C@@H](Cc1ccccc1)[C@@H](O)CN(CCC(C)(C)C)NC(=O)[C@@H](NC(=O)OC)C(C)(C)C)N1CCN(Cc2ccnc3ccccc23)C1=O. The number of nitrogens with zero attached hydrogens (tertiary/aromatic N) is 4. The number of benzene rings is 2. The van der Waals surface area contributed by atoms with Crippen LogP contribution in [0.3, 0.4) is 0 Å². The number of aromatic nitrogens is 1. The van der Waals surface area contributed by atoms with Crippen molar-refractivity contribution in [3.05, 3.63) is 78.0 Å². The lowest BCUT2D eigenvalue weighted by Crippen LogP contribution is -2.60. The molecule has 1 aliphatic heterocycles. The first-order valence-corrected chi connectivity index (χ1v) is 19.7. The van der Waals surface area contributed by atoms with Crippen LogP contribution in [0.15, 0.2) is 66.9 Å². The van der Waals surface area contributed by atoms with Gasteiger partial charge in [-0.15, -0.1) is 0 Å². The second-order valence-corrected chi connectivity index (χ2v) is 17.3. The first kappa shape index (κ1) is 44.0. The quantitative estimate of drug-likeness (QED) is 0.131. The molecule has 0 aliphatic carbocycles. The van der Waals surface area contributed by atoms with Crippen molar-refractivity contribution in [1.29, 1.82) is 0 Å². The molecule has 13 heteroatoms. The lowest BCUT2D eigenvalue weighted by molar-refractivity contribution is -0.132. The number of pyridine rings is 1. The summed E-state index contributed by atoms with van der Waals surface area (Å²) in [4.78, 5) is 62.4. The van der Waals surface area contributed by atoms with E-state index in [4.69, 9.17) is 4.74 Å². The minimum atomic E-state index is -1.13. The fourth-order valence-electron chi connectivity index (χ4n) is 6.94. The number of alkyl carbamates (subject to hydrolysis) is 1. The van der Waals surface area contributed by atoms with E-state index in [1.807, 2.05) is 95.3 Å². The Hall–Kier alpha value is -4.75. The Labute approximate surface area is 332 Å². The summed E-state index contributed by atoms with van der Waals surface area (Å²) >= 11 is 0. The van der Waals surface area contributed by atoms with Crippen LogP contribution in [0, 0.1) is 16.7 Å². The predicted octanol–water partition coefficient (Wildman–Crippen LogP) is 5.52. The molecule has 2 heterocycles. The Morgan fingerprint density at radius 1 is 0.946 bits per heavy atom. The molecule has 1 aliphatic rings. The minimum absolute atomic E-state index is 0.0149. The topological polar surface area (TPSA) is 156 Å². The van der Waals surface area contributed by atoms with Gasteiger partial charge in [0.2, 0.25) is 5.91 Å². The summed E-state index contributed by atoms with van der Waals surface area (Å²) in [5.74, 6) is -0.972. The number of para-hydroxylation sites is 1. The Balaban J connectivity index is 1.58. The van der Waals surface area contributed by atoms with Crippen LogP contribution in [0.2, 0.25) is 0 Å². The van der Waals surface area contributed by atoms with Gasteiger partial charge in [0.1, 0.15) is 12.1 Å². The number of amides is 5. The molecule has 4 N–H and O–H groups in total. The van der Waals surface area contributed by atoms with Gasteiger partial charge in [0.15, 0.2) is 0 Å². The van der Waals surface area contributed by atoms with Crippen molar-refractivity contribution in [2.24, 2.45) is 16.7 Å². The highest BCUT2D eigenvalue weighted by Gasteiger charge is 2.41. The van der Waals surface area contributed by atoms with E-state index in [1.165, 1.54) is 7.11 Å². The van der Waals surface area contributed by atoms with Crippen LogP contribution < -0.4 is 16.1 Å². The van der Waals surface area contributed by atoms with Crippen LogP contribution in [-0.2, 0) is 27.3 Å². The van der Waals surface area contributed by atoms with Crippen LogP contribution in [0.25, 0.3) is 10.9 Å². The average molecular weight is 774 g/mol. The van der Waals surface area contributed by atoms with Crippen molar-refractivity contribution in [3.8, 4) is 0 Å². The molecule has 56 heavy (non-hydrogen) atoms. The molecule has 3 aromatic rings. The summed E-state index contributed by atoms with van der Waals surface area (Å²) in [5, 5.41) is 20.5. The number of hydrogen-bond donors (Lipinski definition) is 4. The number of hydrogen-bond acceptors (Lipinski definition) is 8. The van der Waals surface area contributed by atoms with Gasteiger partial charge in [0.05, 0.1) is 24.8 Å². The lowest BCUT2D eigenvalue weighted by Gasteiger charge is -2.36. The monoisotopic (exact) mass is 773 g/mol. The van der Waals surface area contributed by atoms with Crippen LogP contribution in [-0.4, -0.2) is 106 Å². The van der Waals surface area contributed by atoms with Crippen molar-refractivity contribution in [2.45, 2.75) is 105 Å². The number of carbonyl (C=O) groups excluding carboxylic acids is 4. The van der Waals surface area contributed by atoms with Gasteiger partial charge in [-0.3, -0.25) is 20.0 Å². The van der Waals surface area contributed by atoms with E-state index in [0.717, 1.165) is 22.0 Å². The van der Waals surface area contributed by atoms with E-state index < -0.39 is 41.6 Å². The Kier molecular flexibility index (Phi) is 15.2. The Morgan fingerprint density at radius 3 is 2.27 bits per heavy atom. The van der Waals surface area contributed by atoms with Crippen LogP contribution >= 0.6 is 0 Å². The molecule has 0 bridgehead atoms. The Bertz CT molecular complexity index is 1770. The van der Waals surface area contributed by atoms with Crippen molar-refractivity contribution < 1.29 is 29.0 Å². The predicted molar refractivity (Wildman–Crippen MR) is 218 cm³/mol. The maximum atomic E-state index is 14.5. The molecule has 0 unspecified atom stereocenters. The number of rotatable bonds is 17. The molecule has 2 aromatic carbocycles. The molecule has 306 valence electrons. The molecular weight excluding hydrogens is 711 g/mol. The standard InChI is InChI=1S/C43H63N7O6/c1-10-29(2)36(50-25-24-48(41(50)55)27-31-20-22-44-33-19-15-14-18-32(31)33)38(52)45-34(26-30-16-12-11-13-17-30)35(51)28-49(23-21-42(3,4)5)47-39(53)37(43(6,7)8)46-40(54)56-9/h11-20,22,29,34-37,51H,10,21,23-28H2,1-9H3,(H,45,52)(H,46,54)(H,47,53)/t29-,34-,35-,36-,37+/m0/s1. The highest BCUT2D eigenvalue weighted by Crippen LogP contribution is 2.26. The highest BCUT2D eigenvalue weighted by molar-refractivity contribution is 5.89. The number of fused-ring (bicyclic) bond motifs is 1. The van der Waals surface area contributed by atoms with Gasteiger partial charge in [-0.1, -0.05) is 110 Å². The zero-order valence-corrected chi connectivity index (χ0v) is 34.7. The number of hydrazine groups is 1. The fourth-order valence-corrected chi connectivity index (χ4v) is 6.94. The molecule has 0 spiro atoms. The van der Waals surface area contributed by atoms with E-state index in [9.17, 15) is 24.3 Å². The summed E-state index contributed by atoms with van der Waals surface area (Å²) < 4.78 is 4.79. The maximum absolute atomic E-state index is 14.5. The molecular formula is C43H63N7O6. The van der Waals surface area contributed by atoms with E-state index in [2.05, 4.69) is 41.8 Å². The summed E-state index contributed by atoms with van der Waals surface area (Å²) in [5.41, 5.74) is 4.96. The average Bonchev–Trinajstić information content (AvgIpc) is 3.50. The van der Waals surface area contributed by atoms with Crippen LogP contribution in [0.1, 0.15) is 79.4 Å². The summed E-state index contributed by atoms with van der Waals surface area (Å²) in [7, 11) is 1.24. The van der Waals surface area contributed by atoms with Crippen LogP contribution in [0.4, 0.5) is 9.59 Å². The third-order valence-corrected chi connectivity index (χ3v) is 10.5. The first-order valence-electron chi connectivity index (χ1n) is 19.7. The number of urea groups is 1. The van der Waals surface area contributed by atoms with Gasteiger partial charge >= 0.3 is 12.1 Å².